The smallest absolute Gasteiger partial charge is 0.140 e. The molecular weight excluding hydrogens is 222 g/mol. The van der Waals surface area contributed by atoms with Gasteiger partial charge in [-0.2, -0.15) is 0 Å². The minimum absolute atomic E-state index is 0.574. The van der Waals surface area contributed by atoms with Crippen LogP contribution in [0.25, 0.3) is 16.9 Å². The predicted molar refractivity (Wildman–Crippen MR) is 73.3 cm³/mol. The van der Waals surface area contributed by atoms with Crippen molar-refractivity contribution < 1.29 is 0 Å². The Morgan fingerprint density at radius 3 is 2.61 bits per heavy atom. The van der Waals surface area contributed by atoms with Gasteiger partial charge in [-0.15, -0.1) is 0 Å². The Balaban J connectivity index is 2.10. The fourth-order valence-corrected chi connectivity index (χ4v) is 2.10. The van der Waals surface area contributed by atoms with Gasteiger partial charge in [0.25, 0.3) is 0 Å². The molecule has 90 valence electrons. The summed E-state index contributed by atoms with van der Waals surface area (Å²) in [6.45, 7) is 2.65. The molecule has 0 radical (unpaired) electrons. The summed E-state index contributed by atoms with van der Waals surface area (Å²) in [6, 6.07) is 12.3. The van der Waals surface area contributed by atoms with Crippen molar-refractivity contribution in [3.05, 3.63) is 59.9 Å². The van der Waals surface area contributed by atoms with Crippen LogP contribution in [0.5, 0.6) is 0 Å². The summed E-state index contributed by atoms with van der Waals surface area (Å²) >= 11 is 0. The average Bonchev–Trinajstić information content (AvgIpc) is 2.84. The van der Waals surface area contributed by atoms with Gasteiger partial charge in [0, 0.05) is 24.5 Å². The van der Waals surface area contributed by atoms with Gasteiger partial charge in [-0.25, -0.2) is 4.98 Å². The van der Waals surface area contributed by atoms with E-state index in [2.05, 4.69) is 40.7 Å². The molecular formula is C15H15N3. The van der Waals surface area contributed by atoms with Crippen LogP contribution < -0.4 is 5.73 Å². The van der Waals surface area contributed by atoms with Crippen molar-refractivity contribution >= 4 is 5.65 Å². The first-order valence-corrected chi connectivity index (χ1v) is 6.01. The van der Waals surface area contributed by atoms with E-state index >= 15 is 0 Å². The molecule has 18 heavy (non-hydrogen) atoms. The van der Waals surface area contributed by atoms with Gasteiger partial charge in [-0.3, -0.25) is 0 Å². The van der Waals surface area contributed by atoms with Crippen LogP contribution in [0.1, 0.15) is 11.1 Å². The summed E-state index contributed by atoms with van der Waals surface area (Å²) in [7, 11) is 0. The van der Waals surface area contributed by atoms with Crippen LogP contribution in [0.4, 0.5) is 0 Å². The van der Waals surface area contributed by atoms with E-state index in [1.165, 1.54) is 5.56 Å². The quantitative estimate of drug-likeness (QED) is 0.744. The molecule has 0 amide bonds. The molecule has 0 bridgehead atoms. The molecule has 0 spiro atoms. The third kappa shape index (κ3) is 1.79. The molecule has 2 aromatic heterocycles. The molecule has 2 heterocycles. The van der Waals surface area contributed by atoms with Crippen molar-refractivity contribution in [3.8, 4) is 11.3 Å². The number of hydrogen-bond acceptors (Lipinski definition) is 2. The average molecular weight is 237 g/mol. The van der Waals surface area contributed by atoms with Crippen molar-refractivity contribution in [3.63, 3.8) is 0 Å². The van der Waals surface area contributed by atoms with Crippen molar-refractivity contribution in [2.24, 2.45) is 5.73 Å². The summed E-state index contributed by atoms with van der Waals surface area (Å²) in [4.78, 5) is 4.67. The van der Waals surface area contributed by atoms with Gasteiger partial charge >= 0.3 is 0 Å². The van der Waals surface area contributed by atoms with Gasteiger partial charge < -0.3 is 10.1 Å². The molecule has 3 rings (SSSR count). The van der Waals surface area contributed by atoms with Crippen LogP contribution >= 0.6 is 0 Å². The highest BCUT2D eigenvalue weighted by atomic mass is 15.0. The zero-order chi connectivity index (χ0) is 12.5. The third-order valence-electron chi connectivity index (χ3n) is 3.16. The molecule has 0 aliphatic heterocycles. The number of nitrogens with zero attached hydrogens (tertiary/aromatic N) is 2. The Hall–Kier alpha value is -2.13. The Bertz CT molecular complexity index is 681. The van der Waals surface area contributed by atoms with Crippen molar-refractivity contribution in [2.45, 2.75) is 13.5 Å². The molecule has 0 fully saturated rings. The predicted octanol–water partition coefficient (Wildman–Crippen LogP) is 2.77. The van der Waals surface area contributed by atoms with Crippen molar-refractivity contribution in [1.29, 1.82) is 0 Å². The molecule has 0 aliphatic carbocycles. The lowest BCUT2D eigenvalue weighted by Gasteiger charge is -1.98. The number of aryl methyl sites for hydroxylation is 1. The first-order valence-electron chi connectivity index (χ1n) is 6.01. The minimum atomic E-state index is 0.574. The molecule has 0 aliphatic rings. The van der Waals surface area contributed by atoms with E-state index in [1.54, 1.807) is 0 Å². The van der Waals surface area contributed by atoms with Crippen LogP contribution in [0.2, 0.25) is 0 Å². The number of hydrogen-bond donors (Lipinski definition) is 1. The van der Waals surface area contributed by atoms with Gasteiger partial charge in [0.2, 0.25) is 0 Å². The van der Waals surface area contributed by atoms with E-state index in [1.807, 2.05) is 24.4 Å². The Labute approximate surface area is 106 Å². The molecule has 0 unspecified atom stereocenters. The maximum Gasteiger partial charge on any atom is 0.140 e. The van der Waals surface area contributed by atoms with Crippen LogP contribution in [-0.4, -0.2) is 9.38 Å². The maximum absolute atomic E-state index is 5.60. The lowest BCUT2D eigenvalue weighted by molar-refractivity contribution is 1.07. The monoisotopic (exact) mass is 237 g/mol. The van der Waals surface area contributed by atoms with Gasteiger partial charge in [-0.05, 0) is 24.1 Å². The van der Waals surface area contributed by atoms with Crippen molar-refractivity contribution in [1.82, 2.24) is 9.38 Å². The van der Waals surface area contributed by atoms with E-state index in [-0.39, 0.29) is 0 Å². The number of nitrogens with two attached hydrogens (primary N) is 1. The lowest BCUT2D eigenvalue weighted by Crippen LogP contribution is -1.95. The molecule has 0 saturated heterocycles. The first-order chi connectivity index (χ1) is 8.78. The molecule has 0 saturated carbocycles. The number of benzene rings is 1. The van der Waals surface area contributed by atoms with E-state index in [0.29, 0.717) is 6.54 Å². The summed E-state index contributed by atoms with van der Waals surface area (Å²) in [6.07, 6.45) is 4.08. The largest absolute Gasteiger partial charge is 0.326 e. The third-order valence-corrected chi connectivity index (χ3v) is 3.16. The van der Waals surface area contributed by atoms with E-state index in [4.69, 9.17) is 5.73 Å². The van der Waals surface area contributed by atoms with Gasteiger partial charge in [0.05, 0.1) is 5.69 Å². The highest BCUT2D eigenvalue weighted by Gasteiger charge is 2.05. The van der Waals surface area contributed by atoms with Crippen LogP contribution in [0.15, 0.2) is 48.8 Å². The molecule has 3 nitrogen and oxygen atoms in total. The Kier molecular flexibility index (Phi) is 2.61. The van der Waals surface area contributed by atoms with Crippen LogP contribution in [0.3, 0.4) is 0 Å². The number of pyridine rings is 1. The number of fused-ring (bicyclic) bond motifs is 1. The van der Waals surface area contributed by atoms with Gasteiger partial charge in [0.1, 0.15) is 5.65 Å². The first kappa shape index (κ1) is 11.0. The molecule has 3 aromatic rings. The summed E-state index contributed by atoms with van der Waals surface area (Å²) in [5, 5.41) is 0. The second kappa shape index (κ2) is 4.27. The second-order valence-corrected chi connectivity index (χ2v) is 4.45. The summed E-state index contributed by atoms with van der Waals surface area (Å²) < 4.78 is 2.06. The minimum Gasteiger partial charge on any atom is -0.326 e. The van der Waals surface area contributed by atoms with Crippen molar-refractivity contribution in [2.75, 3.05) is 0 Å². The molecule has 1 aromatic carbocycles. The normalized spacial score (nSPS) is 11.0. The molecule has 0 atom stereocenters. The number of imidazole rings is 1. The standard InChI is InChI=1S/C15H15N3/c1-11-3-2-8-18-10-14(17-15(11)18)13-6-4-12(9-16)5-7-13/h2-8,10H,9,16H2,1H3. The zero-order valence-electron chi connectivity index (χ0n) is 10.3. The summed E-state index contributed by atoms with van der Waals surface area (Å²) in [5.74, 6) is 0. The highest BCUT2D eigenvalue weighted by molar-refractivity contribution is 5.64. The topological polar surface area (TPSA) is 43.3 Å². The molecule has 3 heteroatoms. The maximum atomic E-state index is 5.60. The molecule has 2 N–H and O–H groups in total. The number of rotatable bonds is 2. The van der Waals surface area contributed by atoms with E-state index in [0.717, 1.165) is 22.5 Å². The number of aromatic nitrogens is 2. The Morgan fingerprint density at radius 2 is 1.94 bits per heavy atom. The van der Waals surface area contributed by atoms with Gasteiger partial charge in [0.15, 0.2) is 0 Å². The highest BCUT2D eigenvalue weighted by Crippen LogP contribution is 2.20. The second-order valence-electron chi connectivity index (χ2n) is 4.45. The van der Waals surface area contributed by atoms with Gasteiger partial charge in [-0.1, -0.05) is 30.3 Å². The Morgan fingerprint density at radius 1 is 1.17 bits per heavy atom. The van der Waals surface area contributed by atoms with Crippen LogP contribution in [0, 0.1) is 6.92 Å². The fraction of sp³-hybridized carbons (Fsp3) is 0.133. The lowest BCUT2D eigenvalue weighted by atomic mass is 10.1. The van der Waals surface area contributed by atoms with Crippen LogP contribution in [-0.2, 0) is 6.54 Å². The SMILES string of the molecule is Cc1cccn2cc(-c3ccc(CN)cc3)nc12. The van der Waals surface area contributed by atoms with E-state index in [9.17, 15) is 0 Å². The zero-order valence-corrected chi connectivity index (χ0v) is 10.3. The fourth-order valence-electron chi connectivity index (χ4n) is 2.10. The van der Waals surface area contributed by atoms with E-state index < -0.39 is 0 Å². The summed E-state index contributed by atoms with van der Waals surface area (Å²) in [5.41, 5.74) is 11.0.